The Bertz CT molecular complexity index is 491. The van der Waals surface area contributed by atoms with Gasteiger partial charge in [0, 0.05) is 18.6 Å². The molecule has 0 N–H and O–H groups in total. The van der Waals surface area contributed by atoms with Gasteiger partial charge in [0.15, 0.2) is 0 Å². The first-order valence-electron chi connectivity index (χ1n) is 5.50. The quantitative estimate of drug-likeness (QED) is 0.786. The molecule has 2 heterocycles. The molecule has 0 aliphatic carbocycles. The van der Waals surface area contributed by atoms with E-state index in [0.29, 0.717) is 17.7 Å². The first-order chi connectivity index (χ1) is 8.72. The lowest BCUT2D eigenvalue weighted by Crippen LogP contribution is -2.03. The van der Waals surface area contributed by atoms with Crippen LogP contribution in [0, 0.1) is 0 Å². The topological polar surface area (TPSA) is 44.2 Å². The van der Waals surface area contributed by atoms with Gasteiger partial charge >= 0.3 is 0 Å². The first kappa shape index (κ1) is 13.0. The Morgan fingerprint density at radius 2 is 1.56 bits per heavy atom. The summed E-state index contributed by atoms with van der Waals surface area (Å²) in [5, 5.41) is 0. The Labute approximate surface area is 111 Å². The fraction of sp³-hybridized carbons (Fsp3) is 0.167. The van der Waals surface area contributed by atoms with Gasteiger partial charge in [-0.2, -0.15) is 0 Å². The van der Waals surface area contributed by atoms with E-state index in [1.54, 1.807) is 36.9 Å². The normalized spacial score (nSPS) is 10.9. The fourth-order valence-electron chi connectivity index (χ4n) is 1.27. The monoisotopic (exact) mass is 280 g/mol. The van der Waals surface area contributed by atoms with E-state index in [4.69, 9.17) is 20.9 Å². The van der Waals surface area contributed by atoms with Crippen molar-refractivity contribution in [1.82, 2.24) is 9.97 Å². The molecule has 0 aliphatic heterocycles. The van der Waals surface area contributed by atoms with Crippen molar-refractivity contribution in [2.24, 2.45) is 0 Å². The lowest BCUT2D eigenvalue weighted by atomic mass is 10.5. The first-order valence-corrected chi connectivity index (χ1v) is 8.32. The molecule has 6 heteroatoms. The maximum atomic E-state index is 5.77. The van der Waals surface area contributed by atoms with Crippen LogP contribution in [0.25, 0.3) is 0 Å². The van der Waals surface area contributed by atoms with Crippen molar-refractivity contribution >= 4 is 18.3 Å². The van der Waals surface area contributed by atoms with Crippen LogP contribution in [-0.4, -0.2) is 16.1 Å². The van der Waals surface area contributed by atoms with Crippen LogP contribution in [-0.2, 0) is 11.8 Å². The van der Waals surface area contributed by atoms with Gasteiger partial charge in [0.2, 0.25) is 0 Å². The molecule has 0 radical (unpaired) electrons. The molecule has 18 heavy (non-hydrogen) atoms. The standard InChI is InChI=1S/C12H13N2O2PS/c1-2-17(18,15-11-5-3-7-13-9-11)16-12-6-4-8-14-10-12/h3-10H,2H2,1H3. The predicted molar refractivity (Wildman–Crippen MR) is 74.6 cm³/mol. The average molecular weight is 280 g/mol. The van der Waals surface area contributed by atoms with Crippen molar-refractivity contribution in [3.05, 3.63) is 49.1 Å². The molecule has 2 aromatic heterocycles. The van der Waals surface area contributed by atoms with Crippen LogP contribution in [0.5, 0.6) is 11.5 Å². The van der Waals surface area contributed by atoms with E-state index in [1.165, 1.54) is 0 Å². The second kappa shape index (κ2) is 5.94. The largest absolute Gasteiger partial charge is 0.434 e. The van der Waals surface area contributed by atoms with E-state index in [-0.39, 0.29) is 0 Å². The second-order valence-corrected chi connectivity index (χ2v) is 7.38. The molecule has 0 amide bonds. The van der Waals surface area contributed by atoms with Crippen LogP contribution in [0.15, 0.2) is 49.1 Å². The minimum absolute atomic E-state index is 0.631. The summed E-state index contributed by atoms with van der Waals surface area (Å²) in [5.41, 5.74) is 0. The van der Waals surface area contributed by atoms with Crippen molar-refractivity contribution in [2.75, 3.05) is 6.16 Å². The molecule has 0 spiro atoms. The lowest BCUT2D eigenvalue weighted by Gasteiger charge is -2.21. The van der Waals surface area contributed by atoms with Gasteiger partial charge in [0.25, 0.3) is 6.49 Å². The van der Waals surface area contributed by atoms with E-state index >= 15 is 0 Å². The predicted octanol–water partition coefficient (Wildman–Crippen LogP) is 3.26. The van der Waals surface area contributed by atoms with Crippen molar-refractivity contribution in [3.8, 4) is 11.5 Å². The van der Waals surface area contributed by atoms with E-state index in [9.17, 15) is 0 Å². The summed E-state index contributed by atoms with van der Waals surface area (Å²) in [6.45, 7) is -0.439. The van der Waals surface area contributed by atoms with Crippen LogP contribution in [0.2, 0.25) is 0 Å². The van der Waals surface area contributed by atoms with Crippen LogP contribution < -0.4 is 9.05 Å². The van der Waals surface area contributed by atoms with E-state index in [0.717, 1.165) is 0 Å². The molecule has 0 aliphatic rings. The van der Waals surface area contributed by atoms with Crippen molar-refractivity contribution in [3.63, 3.8) is 0 Å². The van der Waals surface area contributed by atoms with Crippen molar-refractivity contribution in [2.45, 2.75) is 6.92 Å². The third-order valence-corrected chi connectivity index (χ3v) is 5.12. The Kier molecular flexibility index (Phi) is 4.28. The zero-order valence-corrected chi connectivity index (χ0v) is 11.6. The lowest BCUT2D eigenvalue weighted by molar-refractivity contribution is 0.485. The molecule has 0 saturated carbocycles. The van der Waals surface area contributed by atoms with E-state index in [1.807, 2.05) is 19.1 Å². The molecule has 4 nitrogen and oxygen atoms in total. The summed E-state index contributed by atoms with van der Waals surface area (Å²) in [7, 11) is 0. The Balaban J connectivity index is 2.14. The summed E-state index contributed by atoms with van der Waals surface area (Å²) < 4.78 is 11.5. The number of hydrogen-bond acceptors (Lipinski definition) is 5. The Morgan fingerprint density at radius 1 is 1.06 bits per heavy atom. The molecule has 94 valence electrons. The summed E-state index contributed by atoms with van der Waals surface area (Å²) in [6, 6.07) is 7.23. The highest BCUT2D eigenvalue weighted by atomic mass is 32.5. The van der Waals surface area contributed by atoms with Gasteiger partial charge in [0.1, 0.15) is 11.5 Å². The number of hydrogen-bond donors (Lipinski definition) is 0. The highest BCUT2D eigenvalue weighted by Crippen LogP contribution is 2.48. The molecular weight excluding hydrogens is 267 g/mol. The second-order valence-electron chi connectivity index (χ2n) is 3.49. The molecule has 0 aromatic carbocycles. The molecule has 0 saturated heterocycles. The number of nitrogens with zero attached hydrogens (tertiary/aromatic N) is 2. The summed E-state index contributed by atoms with van der Waals surface area (Å²) in [5.74, 6) is 1.26. The van der Waals surface area contributed by atoms with E-state index < -0.39 is 6.49 Å². The van der Waals surface area contributed by atoms with Crippen LogP contribution in [0.4, 0.5) is 0 Å². The van der Waals surface area contributed by atoms with Gasteiger partial charge in [-0.25, -0.2) is 0 Å². The highest BCUT2D eigenvalue weighted by molar-refractivity contribution is 8.10. The van der Waals surface area contributed by atoms with Gasteiger partial charge in [-0.3, -0.25) is 9.97 Å². The Hall–Kier alpha value is -1.45. The third-order valence-electron chi connectivity index (χ3n) is 2.15. The number of aromatic nitrogens is 2. The smallest absolute Gasteiger partial charge is 0.287 e. The minimum atomic E-state index is -2.39. The maximum Gasteiger partial charge on any atom is 0.287 e. The minimum Gasteiger partial charge on any atom is -0.434 e. The number of rotatable bonds is 5. The van der Waals surface area contributed by atoms with Gasteiger partial charge in [-0.15, -0.1) is 0 Å². The summed E-state index contributed by atoms with van der Waals surface area (Å²) in [4.78, 5) is 7.98. The molecule has 0 fully saturated rings. The van der Waals surface area contributed by atoms with Crippen molar-refractivity contribution < 1.29 is 9.05 Å². The molecule has 0 atom stereocenters. The molecule has 2 rings (SSSR count). The fourth-order valence-corrected chi connectivity index (χ4v) is 2.94. The van der Waals surface area contributed by atoms with Gasteiger partial charge in [-0.05, 0) is 36.1 Å². The SMILES string of the molecule is CCP(=S)(Oc1cccnc1)Oc1cccnc1. The summed E-state index contributed by atoms with van der Waals surface area (Å²) in [6.07, 6.45) is 7.26. The van der Waals surface area contributed by atoms with Crippen molar-refractivity contribution in [1.29, 1.82) is 0 Å². The zero-order valence-electron chi connectivity index (χ0n) is 9.89. The highest BCUT2D eigenvalue weighted by Gasteiger charge is 2.20. The number of pyridine rings is 2. The third kappa shape index (κ3) is 3.52. The Morgan fingerprint density at radius 3 is 1.89 bits per heavy atom. The van der Waals surface area contributed by atoms with E-state index in [2.05, 4.69) is 9.97 Å². The molecule has 0 bridgehead atoms. The van der Waals surface area contributed by atoms with Crippen LogP contribution in [0.1, 0.15) is 6.92 Å². The zero-order chi connectivity index (χ0) is 12.8. The summed E-state index contributed by atoms with van der Waals surface area (Å²) >= 11 is 5.48. The van der Waals surface area contributed by atoms with Crippen LogP contribution >= 0.6 is 6.49 Å². The molecular formula is C12H13N2O2PS. The molecule has 0 unspecified atom stereocenters. The van der Waals surface area contributed by atoms with Crippen LogP contribution in [0.3, 0.4) is 0 Å². The van der Waals surface area contributed by atoms with Gasteiger partial charge < -0.3 is 9.05 Å². The van der Waals surface area contributed by atoms with Gasteiger partial charge in [-0.1, -0.05) is 6.92 Å². The maximum absolute atomic E-state index is 5.77. The molecule has 2 aromatic rings. The van der Waals surface area contributed by atoms with Gasteiger partial charge in [0.05, 0.1) is 12.4 Å². The average Bonchev–Trinajstić information content (AvgIpc) is 2.41.